The van der Waals surface area contributed by atoms with Gasteiger partial charge in [-0.25, -0.2) is 9.40 Å². The number of hydrogen-bond donors (Lipinski definition) is 0. The molecule has 108 valence electrons. The first-order chi connectivity index (χ1) is 10.8. The summed E-state index contributed by atoms with van der Waals surface area (Å²) >= 11 is 0. The van der Waals surface area contributed by atoms with E-state index in [1.807, 2.05) is 71.7 Å². The van der Waals surface area contributed by atoms with Crippen LogP contribution >= 0.6 is 0 Å². The van der Waals surface area contributed by atoms with Crippen molar-refractivity contribution in [2.45, 2.75) is 0 Å². The summed E-state index contributed by atoms with van der Waals surface area (Å²) < 4.78 is 13.3. The third-order valence-corrected chi connectivity index (χ3v) is 3.17. The number of hydrogen-bond acceptors (Lipinski definition) is 2. The number of rotatable bonds is 4. The predicted molar refractivity (Wildman–Crippen MR) is 89.0 cm³/mol. The molecule has 0 fully saturated rings. The summed E-state index contributed by atoms with van der Waals surface area (Å²) in [5.74, 6) is -0.269. The van der Waals surface area contributed by atoms with Crippen molar-refractivity contribution in [3.63, 3.8) is 0 Å². The van der Waals surface area contributed by atoms with Crippen molar-refractivity contribution in [1.29, 1.82) is 0 Å². The predicted octanol–water partition coefficient (Wildman–Crippen LogP) is 5.00. The third-order valence-electron chi connectivity index (χ3n) is 3.17. The molecule has 3 heteroatoms. The number of hydrazone groups is 1. The van der Waals surface area contributed by atoms with Crippen LogP contribution in [0, 0.1) is 5.82 Å². The average molecular weight is 290 g/mol. The highest BCUT2D eigenvalue weighted by Gasteiger charge is 2.06. The summed E-state index contributed by atoms with van der Waals surface area (Å²) in [6, 6.07) is 26.1. The Morgan fingerprint density at radius 1 is 0.727 bits per heavy atom. The molecule has 0 saturated carbocycles. The van der Waals surface area contributed by atoms with Gasteiger partial charge in [-0.15, -0.1) is 0 Å². The van der Waals surface area contributed by atoms with E-state index in [9.17, 15) is 4.39 Å². The lowest BCUT2D eigenvalue weighted by molar-refractivity contribution is 0.627. The van der Waals surface area contributed by atoms with Gasteiger partial charge >= 0.3 is 0 Å². The summed E-state index contributed by atoms with van der Waals surface area (Å²) in [5.41, 5.74) is 2.61. The summed E-state index contributed by atoms with van der Waals surface area (Å²) in [6.07, 6.45) is 1.66. The Morgan fingerprint density at radius 3 is 1.86 bits per heavy atom. The lowest BCUT2D eigenvalue weighted by Crippen LogP contribution is -2.09. The molecule has 0 heterocycles. The smallest absolute Gasteiger partial charge is 0.123 e. The van der Waals surface area contributed by atoms with E-state index < -0.39 is 0 Å². The van der Waals surface area contributed by atoms with Crippen LogP contribution in [-0.2, 0) is 0 Å². The number of benzene rings is 3. The largest absolute Gasteiger partial charge is 0.234 e. The molecule has 3 aromatic rings. The van der Waals surface area contributed by atoms with Crippen LogP contribution < -0.4 is 5.01 Å². The average Bonchev–Trinajstić information content (AvgIpc) is 2.57. The quantitative estimate of drug-likeness (QED) is 0.488. The molecular weight excluding hydrogens is 275 g/mol. The minimum Gasteiger partial charge on any atom is -0.234 e. The van der Waals surface area contributed by atoms with Gasteiger partial charge in [0.1, 0.15) is 5.82 Å². The van der Waals surface area contributed by atoms with Crippen LogP contribution in [0.5, 0.6) is 0 Å². The van der Waals surface area contributed by atoms with Crippen molar-refractivity contribution < 1.29 is 4.39 Å². The molecule has 0 aliphatic carbocycles. The van der Waals surface area contributed by atoms with E-state index in [1.54, 1.807) is 12.3 Å². The highest BCUT2D eigenvalue weighted by atomic mass is 19.1. The molecule has 0 aliphatic rings. The van der Waals surface area contributed by atoms with Gasteiger partial charge in [-0.1, -0.05) is 48.5 Å². The summed E-state index contributed by atoms with van der Waals surface area (Å²) in [5, 5.41) is 6.34. The maximum atomic E-state index is 13.3. The van der Waals surface area contributed by atoms with E-state index in [0.717, 1.165) is 16.9 Å². The number of anilines is 2. The Bertz CT molecular complexity index is 715. The van der Waals surface area contributed by atoms with E-state index in [2.05, 4.69) is 5.10 Å². The van der Waals surface area contributed by atoms with Gasteiger partial charge in [0.05, 0.1) is 17.6 Å². The van der Waals surface area contributed by atoms with Crippen molar-refractivity contribution in [3.8, 4) is 0 Å². The molecule has 2 nitrogen and oxygen atoms in total. The van der Waals surface area contributed by atoms with Crippen LogP contribution in [0.3, 0.4) is 0 Å². The monoisotopic (exact) mass is 290 g/mol. The van der Waals surface area contributed by atoms with Gasteiger partial charge in [0.15, 0.2) is 0 Å². The zero-order chi connectivity index (χ0) is 15.2. The first-order valence-corrected chi connectivity index (χ1v) is 7.03. The zero-order valence-corrected chi connectivity index (χ0v) is 11.9. The molecule has 0 N–H and O–H groups in total. The Morgan fingerprint density at radius 2 is 1.32 bits per heavy atom. The molecule has 3 aromatic carbocycles. The lowest BCUT2D eigenvalue weighted by atomic mass is 10.2. The van der Waals surface area contributed by atoms with E-state index >= 15 is 0 Å². The highest BCUT2D eigenvalue weighted by Crippen LogP contribution is 2.25. The molecule has 0 unspecified atom stereocenters. The second-order valence-electron chi connectivity index (χ2n) is 4.78. The Kier molecular flexibility index (Phi) is 4.25. The molecule has 0 amide bonds. The van der Waals surface area contributed by atoms with Gasteiger partial charge in [-0.05, 0) is 42.0 Å². The SMILES string of the molecule is Fc1cccc(C=NN(c2ccccc2)c2ccccc2)c1. The van der Waals surface area contributed by atoms with Crippen molar-refractivity contribution in [1.82, 2.24) is 0 Å². The molecule has 0 radical (unpaired) electrons. The van der Waals surface area contributed by atoms with E-state index in [1.165, 1.54) is 12.1 Å². The maximum absolute atomic E-state index is 13.3. The molecule has 0 saturated heterocycles. The first-order valence-electron chi connectivity index (χ1n) is 7.03. The minimum atomic E-state index is -0.269. The van der Waals surface area contributed by atoms with Gasteiger partial charge in [0, 0.05) is 0 Å². The standard InChI is InChI=1S/C19H15FN2/c20-17-9-7-8-16(14-17)15-21-22(18-10-3-1-4-11-18)19-12-5-2-6-13-19/h1-15H. The van der Waals surface area contributed by atoms with Gasteiger partial charge in [-0.3, -0.25) is 0 Å². The topological polar surface area (TPSA) is 15.6 Å². The van der Waals surface area contributed by atoms with Crippen molar-refractivity contribution in [2.75, 3.05) is 5.01 Å². The zero-order valence-electron chi connectivity index (χ0n) is 11.9. The van der Waals surface area contributed by atoms with Gasteiger partial charge in [0.2, 0.25) is 0 Å². The summed E-state index contributed by atoms with van der Waals surface area (Å²) in [7, 11) is 0. The fourth-order valence-electron chi connectivity index (χ4n) is 2.13. The van der Waals surface area contributed by atoms with Gasteiger partial charge < -0.3 is 0 Å². The van der Waals surface area contributed by atoms with Crippen LogP contribution in [0.15, 0.2) is 90.0 Å². The molecule has 0 atom stereocenters. The number of nitrogens with zero attached hydrogens (tertiary/aromatic N) is 2. The fraction of sp³-hybridized carbons (Fsp3) is 0. The number of halogens is 1. The first kappa shape index (κ1) is 14.0. The minimum absolute atomic E-state index is 0.269. The van der Waals surface area contributed by atoms with E-state index in [-0.39, 0.29) is 5.82 Å². The molecule has 22 heavy (non-hydrogen) atoms. The second kappa shape index (κ2) is 6.68. The molecule has 0 aliphatic heterocycles. The van der Waals surface area contributed by atoms with E-state index in [4.69, 9.17) is 0 Å². The lowest BCUT2D eigenvalue weighted by Gasteiger charge is -2.19. The van der Waals surface area contributed by atoms with E-state index in [0.29, 0.717) is 0 Å². The van der Waals surface area contributed by atoms with Crippen LogP contribution in [0.4, 0.5) is 15.8 Å². The van der Waals surface area contributed by atoms with Crippen LogP contribution in [0.25, 0.3) is 0 Å². The van der Waals surface area contributed by atoms with Gasteiger partial charge in [-0.2, -0.15) is 5.10 Å². The second-order valence-corrected chi connectivity index (χ2v) is 4.78. The Hall–Kier alpha value is -2.94. The molecule has 0 spiro atoms. The maximum Gasteiger partial charge on any atom is 0.123 e. The van der Waals surface area contributed by atoms with Crippen LogP contribution in [0.1, 0.15) is 5.56 Å². The molecular formula is C19H15FN2. The Labute approximate surface area is 129 Å². The van der Waals surface area contributed by atoms with Crippen molar-refractivity contribution in [3.05, 3.63) is 96.3 Å². The van der Waals surface area contributed by atoms with Crippen molar-refractivity contribution >= 4 is 17.6 Å². The van der Waals surface area contributed by atoms with Gasteiger partial charge in [0.25, 0.3) is 0 Å². The van der Waals surface area contributed by atoms with Crippen molar-refractivity contribution in [2.24, 2.45) is 5.10 Å². The molecule has 0 bridgehead atoms. The Balaban J connectivity index is 1.96. The number of para-hydroxylation sites is 2. The third kappa shape index (κ3) is 3.38. The van der Waals surface area contributed by atoms with Crippen LogP contribution in [-0.4, -0.2) is 6.21 Å². The molecule has 0 aromatic heterocycles. The summed E-state index contributed by atoms with van der Waals surface area (Å²) in [6.45, 7) is 0. The highest BCUT2D eigenvalue weighted by molar-refractivity contribution is 5.81. The van der Waals surface area contributed by atoms with Crippen LogP contribution in [0.2, 0.25) is 0 Å². The fourth-order valence-corrected chi connectivity index (χ4v) is 2.13. The summed E-state index contributed by atoms with van der Waals surface area (Å²) in [4.78, 5) is 0. The molecule has 3 rings (SSSR count). The normalized spacial score (nSPS) is 10.8.